The molecule has 14 heavy (non-hydrogen) atoms. The third kappa shape index (κ3) is 1.71. The first-order chi connectivity index (χ1) is 6.22. The van der Waals surface area contributed by atoms with Gasteiger partial charge in [0.2, 0.25) is 0 Å². The van der Waals surface area contributed by atoms with Gasteiger partial charge in [-0.05, 0) is 12.1 Å². The van der Waals surface area contributed by atoms with Crippen LogP contribution in [-0.2, 0) is 6.54 Å². The van der Waals surface area contributed by atoms with Gasteiger partial charge in [0, 0.05) is 29.2 Å². The summed E-state index contributed by atoms with van der Waals surface area (Å²) in [7, 11) is 0. The van der Waals surface area contributed by atoms with Gasteiger partial charge < -0.3 is 10.7 Å². The van der Waals surface area contributed by atoms with Crippen LogP contribution in [0.5, 0.6) is 0 Å². The molecule has 0 aliphatic carbocycles. The van der Waals surface area contributed by atoms with Gasteiger partial charge in [-0.25, -0.2) is 4.39 Å². The Morgan fingerprint density at radius 3 is 2.79 bits per heavy atom. The van der Waals surface area contributed by atoms with Gasteiger partial charge in [0.1, 0.15) is 5.82 Å². The molecule has 2 nitrogen and oxygen atoms in total. The van der Waals surface area contributed by atoms with Crippen molar-refractivity contribution in [1.82, 2.24) is 4.98 Å². The minimum atomic E-state index is -0.298. The molecule has 76 valence electrons. The van der Waals surface area contributed by atoms with E-state index in [1.807, 2.05) is 0 Å². The molecule has 2 rings (SSSR count). The van der Waals surface area contributed by atoms with Gasteiger partial charge in [0.05, 0.1) is 5.02 Å². The van der Waals surface area contributed by atoms with Crippen molar-refractivity contribution in [1.29, 1.82) is 0 Å². The first-order valence-electron chi connectivity index (χ1n) is 3.87. The summed E-state index contributed by atoms with van der Waals surface area (Å²) in [6.45, 7) is 0.184. The maximum atomic E-state index is 13.2. The van der Waals surface area contributed by atoms with Gasteiger partial charge in [-0.15, -0.1) is 12.4 Å². The Bertz CT molecular complexity index is 453. The molecule has 0 saturated heterocycles. The lowest BCUT2D eigenvalue weighted by molar-refractivity contribution is 0.612. The predicted octanol–water partition coefficient (Wildman–Crippen LogP) is 2.84. The van der Waals surface area contributed by atoms with Crippen molar-refractivity contribution in [2.24, 2.45) is 5.73 Å². The molecule has 1 aromatic heterocycles. The number of nitrogens with one attached hydrogen (secondary N) is 1. The fourth-order valence-electron chi connectivity index (χ4n) is 1.31. The number of nitrogens with two attached hydrogens (primary N) is 1. The maximum Gasteiger partial charge on any atom is 0.129 e. The van der Waals surface area contributed by atoms with E-state index in [-0.39, 0.29) is 24.8 Å². The van der Waals surface area contributed by atoms with Crippen LogP contribution in [0.3, 0.4) is 0 Å². The molecule has 0 amide bonds. The second-order valence-electron chi connectivity index (χ2n) is 2.83. The maximum absolute atomic E-state index is 13.2. The monoisotopic (exact) mass is 234 g/mol. The summed E-state index contributed by atoms with van der Waals surface area (Å²) >= 11 is 5.86. The molecule has 0 aliphatic heterocycles. The van der Waals surface area contributed by atoms with Crippen molar-refractivity contribution in [2.45, 2.75) is 6.54 Å². The van der Waals surface area contributed by atoms with Gasteiger partial charge in [-0.2, -0.15) is 0 Å². The zero-order valence-electron chi connectivity index (χ0n) is 7.18. The molecule has 0 radical (unpaired) electrons. The Hall–Kier alpha value is -0.770. The van der Waals surface area contributed by atoms with Crippen LogP contribution < -0.4 is 5.73 Å². The minimum Gasteiger partial charge on any atom is -0.360 e. The predicted molar refractivity (Wildman–Crippen MR) is 58.4 cm³/mol. The van der Waals surface area contributed by atoms with E-state index >= 15 is 0 Å². The van der Waals surface area contributed by atoms with Gasteiger partial charge >= 0.3 is 0 Å². The van der Waals surface area contributed by atoms with Crippen LogP contribution in [-0.4, -0.2) is 4.98 Å². The smallest absolute Gasteiger partial charge is 0.129 e. The number of hydrogen-bond acceptors (Lipinski definition) is 1. The summed E-state index contributed by atoms with van der Waals surface area (Å²) < 4.78 is 13.2. The Morgan fingerprint density at radius 1 is 1.43 bits per heavy atom. The lowest BCUT2D eigenvalue weighted by atomic mass is 10.1. The summed E-state index contributed by atoms with van der Waals surface area (Å²) in [4.78, 5) is 2.87. The lowest BCUT2D eigenvalue weighted by Gasteiger charge is -1.99. The fourth-order valence-corrected chi connectivity index (χ4v) is 1.52. The fraction of sp³-hybridized carbons (Fsp3) is 0.111. The third-order valence-corrected chi connectivity index (χ3v) is 2.33. The number of aromatic nitrogens is 1. The first kappa shape index (κ1) is 11.3. The third-order valence-electron chi connectivity index (χ3n) is 2.02. The summed E-state index contributed by atoms with van der Waals surface area (Å²) in [5.74, 6) is -0.298. The van der Waals surface area contributed by atoms with E-state index in [4.69, 9.17) is 17.3 Å². The van der Waals surface area contributed by atoms with Gasteiger partial charge in [0.25, 0.3) is 0 Å². The highest BCUT2D eigenvalue weighted by Gasteiger charge is 2.06. The largest absolute Gasteiger partial charge is 0.360 e. The Kier molecular flexibility index (Phi) is 3.37. The van der Waals surface area contributed by atoms with E-state index in [1.54, 1.807) is 12.3 Å². The minimum absolute atomic E-state index is 0. The number of H-pyrrole nitrogens is 1. The van der Waals surface area contributed by atoms with Crippen molar-refractivity contribution >= 4 is 34.9 Å². The number of hydrogen-bond donors (Lipinski definition) is 2. The summed E-state index contributed by atoms with van der Waals surface area (Å²) in [5.41, 5.74) is 6.54. The summed E-state index contributed by atoms with van der Waals surface area (Å²) in [6, 6.07) is 3.08. The number of fused-ring (bicyclic) bond motifs is 1. The Morgan fingerprint density at radius 2 is 2.14 bits per heavy atom. The standard InChI is InChI=1S/C9H8ClFN2.ClH/c10-7-4-13-9-2-8(11)5(3-12)1-6(7)9;/h1-2,4,13H,3,12H2;1H. The molecule has 5 heteroatoms. The molecule has 0 bridgehead atoms. The average Bonchev–Trinajstić information content (AvgIpc) is 2.46. The molecule has 2 aromatic rings. The molecule has 0 saturated carbocycles. The van der Waals surface area contributed by atoms with Crippen molar-refractivity contribution in [3.63, 3.8) is 0 Å². The topological polar surface area (TPSA) is 41.8 Å². The molecule has 1 aromatic carbocycles. The molecule has 0 fully saturated rings. The van der Waals surface area contributed by atoms with Crippen molar-refractivity contribution in [3.05, 3.63) is 34.7 Å². The van der Waals surface area contributed by atoms with Crippen molar-refractivity contribution in [3.8, 4) is 0 Å². The first-order valence-corrected chi connectivity index (χ1v) is 4.25. The van der Waals surface area contributed by atoms with Gasteiger partial charge in [0.15, 0.2) is 0 Å². The van der Waals surface area contributed by atoms with E-state index in [0.29, 0.717) is 16.1 Å². The highest BCUT2D eigenvalue weighted by molar-refractivity contribution is 6.35. The van der Waals surface area contributed by atoms with Crippen LogP contribution in [0.25, 0.3) is 10.9 Å². The second-order valence-corrected chi connectivity index (χ2v) is 3.24. The van der Waals surface area contributed by atoms with Crippen molar-refractivity contribution < 1.29 is 4.39 Å². The number of benzene rings is 1. The van der Waals surface area contributed by atoms with Crippen LogP contribution >= 0.6 is 24.0 Å². The molecule has 0 spiro atoms. The van der Waals surface area contributed by atoms with E-state index < -0.39 is 0 Å². The molecular formula is C9H9Cl2FN2. The Balaban J connectivity index is 0.000000980. The van der Waals surface area contributed by atoms with Crippen LogP contribution in [0.1, 0.15) is 5.56 Å². The quantitative estimate of drug-likeness (QED) is 0.783. The van der Waals surface area contributed by atoms with Crippen LogP contribution in [0, 0.1) is 5.82 Å². The number of aromatic amines is 1. The lowest BCUT2D eigenvalue weighted by Crippen LogP contribution is -1.99. The normalized spacial score (nSPS) is 10.2. The van der Waals surface area contributed by atoms with E-state index in [1.165, 1.54) is 6.07 Å². The summed E-state index contributed by atoms with van der Waals surface area (Å²) in [6.07, 6.45) is 1.63. The van der Waals surface area contributed by atoms with Crippen LogP contribution in [0.15, 0.2) is 18.3 Å². The molecule has 0 unspecified atom stereocenters. The highest BCUT2D eigenvalue weighted by Crippen LogP contribution is 2.25. The highest BCUT2D eigenvalue weighted by atomic mass is 35.5. The van der Waals surface area contributed by atoms with Gasteiger partial charge in [-0.1, -0.05) is 11.6 Å². The summed E-state index contributed by atoms with van der Waals surface area (Å²) in [5, 5.41) is 1.40. The average molecular weight is 235 g/mol. The zero-order chi connectivity index (χ0) is 9.42. The van der Waals surface area contributed by atoms with Crippen molar-refractivity contribution in [2.75, 3.05) is 0 Å². The van der Waals surface area contributed by atoms with E-state index in [0.717, 1.165) is 5.39 Å². The Labute approximate surface area is 91.6 Å². The molecular weight excluding hydrogens is 226 g/mol. The SMILES string of the molecule is Cl.NCc1cc2c(Cl)c[nH]c2cc1F. The second kappa shape index (κ2) is 4.17. The van der Waals surface area contributed by atoms with E-state index in [9.17, 15) is 4.39 Å². The van der Waals surface area contributed by atoms with E-state index in [2.05, 4.69) is 4.98 Å². The van der Waals surface area contributed by atoms with Crippen LogP contribution in [0.4, 0.5) is 4.39 Å². The molecule has 1 heterocycles. The number of rotatable bonds is 1. The molecule has 0 atom stereocenters. The molecule has 0 aliphatic rings. The van der Waals surface area contributed by atoms with Gasteiger partial charge in [-0.3, -0.25) is 0 Å². The molecule has 3 N–H and O–H groups in total. The zero-order valence-corrected chi connectivity index (χ0v) is 8.75. The van der Waals surface area contributed by atoms with Crippen LogP contribution in [0.2, 0.25) is 5.02 Å². The number of halogens is 3.